The van der Waals surface area contributed by atoms with Gasteiger partial charge in [-0.05, 0) is 13.3 Å². The van der Waals surface area contributed by atoms with Crippen molar-refractivity contribution >= 4 is 17.8 Å². The van der Waals surface area contributed by atoms with Crippen LogP contribution >= 0.6 is 0 Å². The first-order valence-corrected chi connectivity index (χ1v) is 6.65. The molecule has 1 aromatic heterocycles. The van der Waals surface area contributed by atoms with Crippen molar-refractivity contribution in [1.29, 1.82) is 0 Å². The van der Waals surface area contributed by atoms with Gasteiger partial charge in [0.1, 0.15) is 0 Å². The van der Waals surface area contributed by atoms with E-state index in [1.165, 1.54) is 0 Å². The van der Waals surface area contributed by atoms with Gasteiger partial charge in [-0.3, -0.25) is 5.43 Å². The van der Waals surface area contributed by atoms with Crippen molar-refractivity contribution < 1.29 is 9.84 Å². The van der Waals surface area contributed by atoms with Crippen LogP contribution in [-0.4, -0.2) is 59.0 Å². The van der Waals surface area contributed by atoms with Crippen LogP contribution < -0.4 is 21.5 Å². The van der Waals surface area contributed by atoms with Crippen LogP contribution in [0.1, 0.15) is 13.3 Å². The minimum absolute atomic E-state index is 0.0607. The number of nitrogens with zero attached hydrogens (tertiary/aromatic N) is 4. The second-order valence-electron chi connectivity index (χ2n) is 4.58. The highest BCUT2D eigenvalue weighted by atomic mass is 16.5. The molecule has 0 saturated carbocycles. The van der Waals surface area contributed by atoms with Gasteiger partial charge in [0.2, 0.25) is 17.8 Å². The minimum Gasteiger partial charge on any atom is -0.396 e. The quantitative estimate of drug-likeness (QED) is 0.391. The smallest absolute Gasteiger partial charge is 0.243 e. The SMILES string of the molecule is CC(CCO)Nc1nc(NN)nc(N2CCOCC2)n1. The van der Waals surface area contributed by atoms with Gasteiger partial charge in [-0.15, -0.1) is 0 Å². The highest BCUT2D eigenvalue weighted by molar-refractivity contribution is 5.43. The van der Waals surface area contributed by atoms with Gasteiger partial charge in [0, 0.05) is 25.7 Å². The van der Waals surface area contributed by atoms with Crippen LogP contribution in [0.15, 0.2) is 0 Å². The molecule has 0 aliphatic carbocycles. The Balaban J connectivity index is 2.14. The van der Waals surface area contributed by atoms with Crippen LogP contribution in [0.25, 0.3) is 0 Å². The maximum atomic E-state index is 8.93. The van der Waals surface area contributed by atoms with Crippen LogP contribution in [0.4, 0.5) is 17.8 Å². The first-order valence-electron chi connectivity index (χ1n) is 6.65. The van der Waals surface area contributed by atoms with Crippen molar-refractivity contribution in [3.8, 4) is 0 Å². The molecule has 1 unspecified atom stereocenters. The molecule has 9 heteroatoms. The lowest BCUT2D eigenvalue weighted by Crippen LogP contribution is -2.37. The average Bonchev–Trinajstić information content (AvgIpc) is 2.48. The normalized spacial score (nSPS) is 16.9. The molecule has 0 bridgehead atoms. The number of nitrogens with one attached hydrogen (secondary N) is 2. The predicted molar refractivity (Wildman–Crippen MR) is 75.5 cm³/mol. The zero-order valence-electron chi connectivity index (χ0n) is 11.5. The second kappa shape index (κ2) is 7.17. The highest BCUT2D eigenvalue weighted by Crippen LogP contribution is 2.15. The molecule has 2 rings (SSSR count). The molecule has 0 aromatic carbocycles. The monoisotopic (exact) mass is 283 g/mol. The van der Waals surface area contributed by atoms with E-state index in [1.807, 2.05) is 11.8 Å². The third-order valence-electron chi connectivity index (χ3n) is 2.98. The van der Waals surface area contributed by atoms with Crippen molar-refractivity contribution in [3.05, 3.63) is 0 Å². The predicted octanol–water partition coefficient (Wildman–Crippen LogP) is -0.823. The zero-order chi connectivity index (χ0) is 14.4. The minimum atomic E-state index is 0.0607. The fourth-order valence-electron chi connectivity index (χ4n) is 1.88. The topological polar surface area (TPSA) is 121 Å². The Hall–Kier alpha value is -1.71. The van der Waals surface area contributed by atoms with Crippen molar-refractivity contribution in [2.75, 3.05) is 48.6 Å². The maximum Gasteiger partial charge on any atom is 0.243 e. The number of ether oxygens (including phenoxy) is 1. The van der Waals surface area contributed by atoms with E-state index < -0.39 is 0 Å². The van der Waals surface area contributed by atoms with E-state index in [0.29, 0.717) is 37.5 Å². The van der Waals surface area contributed by atoms with Crippen LogP contribution in [0, 0.1) is 0 Å². The number of morpholine rings is 1. The number of hydrogen-bond donors (Lipinski definition) is 4. The number of aliphatic hydroxyl groups is 1. The van der Waals surface area contributed by atoms with E-state index in [2.05, 4.69) is 25.7 Å². The molecule has 9 nitrogen and oxygen atoms in total. The molecule has 5 N–H and O–H groups in total. The summed E-state index contributed by atoms with van der Waals surface area (Å²) in [6.07, 6.45) is 0.615. The van der Waals surface area contributed by atoms with E-state index in [0.717, 1.165) is 13.1 Å². The number of aromatic nitrogens is 3. The van der Waals surface area contributed by atoms with Gasteiger partial charge in [-0.2, -0.15) is 15.0 Å². The lowest BCUT2D eigenvalue weighted by molar-refractivity contribution is 0.122. The lowest BCUT2D eigenvalue weighted by atomic mass is 10.2. The van der Waals surface area contributed by atoms with Crippen LogP contribution in [-0.2, 0) is 4.74 Å². The summed E-state index contributed by atoms with van der Waals surface area (Å²) in [4.78, 5) is 14.8. The molecular weight excluding hydrogens is 262 g/mol. The molecule has 0 radical (unpaired) electrons. The number of aliphatic hydroxyl groups excluding tert-OH is 1. The Morgan fingerprint density at radius 3 is 2.65 bits per heavy atom. The fraction of sp³-hybridized carbons (Fsp3) is 0.727. The van der Waals surface area contributed by atoms with Crippen LogP contribution in [0.3, 0.4) is 0 Å². The number of nitrogens with two attached hydrogens (primary N) is 1. The molecule has 1 aromatic rings. The van der Waals surface area contributed by atoms with Gasteiger partial charge in [0.05, 0.1) is 13.2 Å². The molecule has 0 amide bonds. The van der Waals surface area contributed by atoms with E-state index in [-0.39, 0.29) is 12.6 Å². The summed E-state index contributed by atoms with van der Waals surface area (Å²) in [5, 5.41) is 12.0. The average molecular weight is 283 g/mol. The molecule has 1 fully saturated rings. The number of nitrogen functional groups attached to an aromatic ring is 1. The van der Waals surface area contributed by atoms with Crippen molar-refractivity contribution in [3.63, 3.8) is 0 Å². The second-order valence-corrected chi connectivity index (χ2v) is 4.58. The Bertz CT molecular complexity index is 425. The molecule has 20 heavy (non-hydrogen) atoms. The van der Waals surface area contributed by atoms with Gasteiger partial charge < -0.3 is 20.1 Å². The van der Waals surface area contributed by atoms with Gasteiger partial charge in [-0.25, -0.2) is 5.84 Å². The maximum absolute atomic E-state index is 8.93. The largest absolute Gasteiger partial charge is 0.396 e. The van der Waals surface area contributed by atoms with Gasteiger partial charge >= 0.3 is 0 Å². The summed E-state index contributed by atoms with van der Waals surface area (Å²) in [5.74, 6) is 6.70. The first kappa shape index (κ1) is 14.7. The summed E-state index contributed by atoms with van der Waals surface area (Å²) < 4.78 is 5.31. The molecule has 2 heterocycles. The molecule has 1 aliphatic heterocycles. The first-order chi connectivity index (χ1) is 9.72. The van der Waals surface area contributed by atoms with E-state index in [1.54, 1.807) is 0 Å². The van der Waals surface area contributed by atoms with Crippen LogP contribution in [0.5, 0.6) is 0 Å². The standard InChI is InChI=1S/C11H21N7O2/c1-8(2-5-19)13-9-14-10(17-12)16-11(15-9)18-3-6-20-7-4-18/h8,19H,2-7,12H2,1H3,(H2,13,14,15,16,17). The van der Waals surface area contributed by atoms with Crippen molar-refractivity contribution in [2.24, 2.45) is 5.84 Å². The summed E-state index contributed by atoms with van der Waals surface area (Å²) in [6, 6.07) is 0.0607. The Labute approximate surface area is 117 Å². The number of hydrazine groups is 1. The molecule has 1 atom stereocenters. The number of hydrogen-bond acceptors (Lipinski definition) is 9. The number of anilines is 3. The van der Waals surface area contributed by atoms with Crippen molar-refractivity contribution in [2.45, 2.75) is 19.4 Å². The van der Waals surface area contributed by atoms with Gasteiger partial charge in [-0.1, -0.05) is 0 Å². The van der Waals surface area contributed by atoms with E-state index >= 15 is 0 Å². The summed E-state index contributed by atoms with van der Waals surface area (Å²) in [5.41, 5.74) is 2.44. The lowest BCUT2D eigenvalue weighted by Gasteiger charge is -2.27. The number of rotatable bonds is 6. The highest BCUT2D eigenvalue weighted by Gasteiger charge is 2.16. The summed E-state index contributed by atoms with van der Waals surface area (Å²) >= 11 is 0. The van der Waals surface area contributed by atoms with E-state index in [9.17, 15) is 0 Å². The molecule has 112 valence electrons. The molecule has 1 saturated heterocycles. The van der Waals surface area contributed by atoms with Gasteiger partial charge in [0.15, 0.2) is 0 Å². The van der Waals surface area contributed by atoms with Crippen molar-refractivity contribution in [1.82, 2.24) is 15.0 Å². The third kappa shape index (κ3) is 3.89. The Kier molecular flexibility index (Phi) is 5.27. The zero-order valence-corrected chi connectivity index (χ0v) is 11.5. The Morgan fingerprint density at radius 1 is 1.30 bits per heavy atom. The van der Waals surface area contributed by atoms with Gasteiger partial charge in [0.25, 0.3) is 0 Å². The molecule has 1 aliphatic rings. The molecular formula is C11H21N7O2. The van der Waals surface area contributed by atoms with E-state index in [4.69, 9.17) is 15.7 Å². The van der Waals surface area contributed by atoms with Crippen LogP contribution in [0.2, 0.25) is 0 Å². The summed E-state index contributed by atoms with van der Waals surface area (Å²) in [7, 11) is 0. The third-order valence-corrected chi connectivity index (χ3v) is 2.98. The molecule has 0 spiro atoms. The fourth-order valence-corrected chi connectivity index (χ4v) is 1.88. The Morgan fingerprint density at radius 2 is 2.00 bits per heavy atom. The summed E-state index contributed by atoms with van der Waals surface area (Å²) in [6.45, 7) is 4.84.